The number of fused-ring (bicyclic) bond motifs is 4. The van der Waals surface area contributed by atoms with Gasteiger partial charge in [0.2, 0.25) is 0 Å². The molecule has 0 amide bonds. The van der Waals surface area contributed by atoms with Crippen LogP contribution in [-0.4, -0.2) is 94.4 Å². The van der Waals surface area contributed by atoms with Gasteiger partial charge in [0.1, 0.15) is 11.4 Å². The average molecular weight is 554 g/mol. The Morgan fingerprint density at radius 1 is 0.976 bits per heavy atom. The van der Waals surface area contributed by atoms with Gasteiger partial charge in [-0.15, -0.1) is 10.2 Å². The van der Waals surface area contributed by atoms with Crippen LogP contribution >= 0.6 is 0 Å². The van der Waals surface area contributed by atoms with Crippen molar-refractivity contribution in [2.75, 3.05) is 61.5 Å². The number of hydrogen-bond acceptors (Lipinski definition) is 10. The quantitative estimate of drug-likeness (QED) is 0.413. The van der Waals surface area contributed by atoms with E-state index in [1.54, 1.807) is 12.1 Å². The first-order valence-electron chi connectivity index (χ1n) is 14.4. The topological polar surface area (TPSA) is 124 Å². The summed E-state index contributed by atoms with van der Waals surface area (Å²) in [4.78, 5) is 11.7. The number of piperidine rings is 1. The lowest BCUT2D eigenvalue weighted by Gasteiger charge is -2.44. The van der Waals surface area contributed by atoms with Crippen molar-refractivity contribution in [2.24, 2.45) is 11.8 Å². The number of phenolic OH excluding ortho intramolecular Hbond substituents is 1. The maximum absolute atomic E-state index is 10.4. The number of aromatic hydroxyl groups is 1. The molecular formula is C31H35N7O3. The highest BCUT2D eigenvalue weighted by atomic mass is 16.5. The molecule has 0 saturated carbocycles. The normalized spacial score (nSPS) is 27.4. The number of aliphatic hydroxyl groups is 1. The van der Waals surface area contributed by atoms with Crippen molar-refractivity contribution in [3.8, 4) is 28.8 Å². The van der Waals surface area contributed by atoms with Gasteiger partial charge < -0.3 is 30.5 Å². The Hall–Kier alpha value is -3.91. The molecule has 4 aliphatic heterocycles. The van der Waals surface area contributed by atoms with Gasteiger partial charge in [-0.2, -0.15) is 0 Å². The summed E-state index contributed by atoms with van der Waals surface area (Å²) in [6, 6.07) is 13.9. The fraction of sp³-hybridized carbons (Fsp3) is 0.452. The van der Waals surface area contributed by atoms with Crippen LogP contribution in [0, 0.1) is 23.7 Å². The van der Waals surface area contributed by atoms with Crippen molar-refractivity contribution in [2.45, 2.75) is 31.0 Å². The SMILES string of the molecule is Nc1nnc(-c2ccccc2O)cc1N1CC2CCC(C1)N2c1ccnc(C#CCN2CC3COCC(C2)C3O)c1. The first-order valence-corrected chi connectivity index (χ1v) is 14.4. The van der Waals surface area contributed by atoms with E-state index in [1.807, 2.05) is 24.4 Å². The summed E-state index contributed by atoms with van der Waals surface area (Å²) >= 11 is 0. The molecule has 0 radical (unpaired) electrons. The van der Waals surface area contributed by atoms with Crippen LogP contribution < -0.4 is 15.5 Å². The number of rotatable bonds is 4. The molecule has 0 aliphatic carbocycles. The largest absolute Gasteiger partial charge is 0.507 e. The summed E-state index contributed by atoms with van der Waals surface area (Å²) in [5.74, 6) is 7.53. The number of piperazine rings is 1. The lowest BCUT2D eigenvalue weighted by molar-refractivity contribution is -0.121. The van der Waals surface area contributed by atoms with Gasteiger partial charge in [-0.1, -0.05) is 18.1 Å². The highest BCUT2D eigenvalue weighted by Crippen LogP contribution is 2.39. The van der Waals surface area contributed by atoms with Crippen LogP contribution in [0.5, 0.6) is 5.75 Å². The minimum absolute atomic E-state index is 0.172. The first kappa shape index (κ1) is 26.0. The summed E-state index contributed by atoms with van der Waals surface area (Å²) in [7, 11) is 0. The number of para-hydroxylation sites is 1. The third kappa shape index (κ3) is 5.05. The number of hydrogen-bond donors (Lipinski definition) is 3. The molecule has 10 heteroatoms. The molecule has 212 valence electrons. The zero-order chi connectivity index (χ0) is 27.9. The Kier molecular flexibility index (Phi) is 6.87. The Labute approximate surface area is 239 Å². The lowest BCUT2D eigenvalue weighted by Crippen LogP contribution is -2.55. The number of likely N-dealkylation sites (tertiary alicyclic amines) is 1. The summed E-state index contributed by atoms with van der Waals surface area (Å²) in [6.45, 7) is 5.20. The van der Waals surface area contributed by atoms with Crippen molar-refractivity contribution in [1.29, 1.82) is 0 Å². The molecule has 4 fully saturated rings. The van der Waals surface area contributed by atoms with Crippen molar-refractivity contribution >= 4 is 17.2 Å². The second-order valence-electron chi connectivity index (χ2n) is 11.7. The number of ether oxygens (including phenoxy) is 1. The fourth-order valence-electron chi connectivity index (χ4n) is 7.02. The molecule has 4 unspecified atom stereocenters. The number of aromatic nitrogens is 3. The van der Waals surface area contributed by atoms with Crippen molar-refractivity contribution in [3.05, 3.63) is 54.4 Å². The third-order valence-corrected chi connectivity index (χ3v) is 8.98. The highest BCUT2D eigenvalue weighted by Gasteiger charge is 2.41. The van der Waals surface area contributed by atoms with Gasteiger partial charge in [-0.25, -0.2) is 4.98 Å². The van der Waals surface area contributed by atoms with Crippen LogP contribution in [0.15, 0.2) is 48.7 Å². The molecule has 2 aromatic heterocycles. The Morgan fingerprint density at radius 3 is 2.49 bits per heavy atom. The molecule has 6 heterocycles. The highest BCUT2D eigenvalue weighted by molar-refractivity contribution is 5.74. The maximum atomic E-state index is 10.4. The number of nitrogens with zero attached hydrogens (tertiary/aromatic N) is 6. The summed E-state index contributed by atoms with van der Waals surface area (Å²) in [6.07, 6.45) is 3.80. The van der Waals surface area contributed by atoms with E-state index in [1.165, 1.54) is 0 Å². The van der Waals surface area contributed by atoms with E-state index in [-0.39, 0.29) is 23.7 Å². The molecule has 3 aromatic rings. The second-order valence-corrected chi connectivity index (χ2v) is 11.7. The molecule has 7 rings (SSSR count). The van der Waals surface area contributed by atoms with Crippen LogP contribution in [0.25, 0.3) is 11.3 Å². The minimum atomic E-state index is -0.257. The van der Waals surface area contributed by atoms with Crippen molar-refractivity contribution in [3.63, 3.8) is 0 Å². The minimum Gasteiger partial charge on any atom is -0.507 e. The van der Waals surface area contributed by atoms with Gasteiger partial charge in [0.05, 0.1) is 37.2 Å². The van der Waals surface area contributed by atoms with E-state index >= 15 is 0 Å². The smallest absolute Gasteiger partial charge is 0.169 e. The van der Waals surface area contributed by atoms with E-state index in [0.717, 1.165) is 56.1 Å². The van der Waals surface area contributed by atoms with E-state index in [0.29, 0.717) is 48.9 Å². The lowest BCUT2D eigenvalue weighted by atomic mass is 9.85. The van der Waals surface area contributed by atoms with Crippen molar-refractivity contribution < 1.29 is 14.9 Å². The zero-order valence-corrected chi connectivity index (χ0v) is 22.9. The van der Waals surface area contributed by atoms with Gasteiger partial charge >= 0.3 is 0 Å². The van der Waals surface area contributed by atoms with Gasteiger partial charge in [0, 0.05) is 67.5 Å². The number of nitrogen functional groups attached to an aromatic ring is 1. The molecule has 10 nitrogen and oxygen atoms in total. The van der Waals surface area contributed by atoms with Crippen LogP contribution in [0.4, 0.5) is 17.2 Å². The number of aliphatic hydroxyl groups excluding tert-OH is 1. The molecule has 4 atom stereocenters. The fourth-order valence-corrected chi connectivity index (χ4v) is 7.02. The number of nitrogens with two attached hydrogens (primary N) is 1. The Morgan fingerprint density at radius 2 is 1.73 bits per heavy atom. The average Bonchev–Trinajstić information content (AvgIpc) is 3.23. The monoisotopic (exact) mass is 553 g/mol. The molecule has 1 aromatic carbocycles. The first-order chi connectivity index (χ1) is 20.0. The third-order valence-electron chi connectivity index (χ3n) is 8.98. The van der Waals surface area contributed by atoms with Crippen LogP contribution in [0.1, 0.15) is 18.5 Å². The van der Waals surface area contributed by atoms with Crippen LogP contribution in [-0.2, 0) is 4.74 Å². The molecule has 4 bridgehead atoms. The molecular weight excluding hydrogens is 518 g/mol. The predicted molar refractivity (Wildman–Crippen MR) is 156 cm³/mol. The number of anilines is 3. The van der Waals surface area contributed by atoms with E-state index in [9.17, 15) is 10.2 Å². The van der Waals surface area contributed by atoms with Gasteiger partial charge in [-0.3, -0.25) is 4.90 Å². The van der Waals surface area contributed by atoms with Gasteiger partial charge in [-0.05, 0) is 49.1 Å². The molecule has 4 N–H and O–H groups in total. The van der Waals surface area contributed by atoms with Gasteiger partial charge in [0.15, 0.2) is 5.82 Å². The van der Waals surface area contributed by atoms with Crippen molar-refractivity contribution in [1.82, 2.24) is 20.1 Å². The predicted octanol–water partition coefficient (Wildman–Crippen LogP) is 1.97. The number of pyridine rings is 1. The Balaban J connectivity index is 1.05. The van der Waals surface area contributed by atoms with Crippen LogP contribution in [0.3, 0.4) is 0 Å². The molecule has 4 saturated heterocycles. The molecule has 0 spiro atoms. The standard InChI is InChI=1S/C31H35N7O3/c32-31-28(13-27(34-35-31)26-5-1-2-6-29(26)39)37-16-24-7-8-25(17-37)38(24)23-9-10-33-22(12-23)4-3-11-36-14-20-18-41-19-21(15-36)30(20)40/h1-2,5-6,9-10,12-13,20-21,24-25,30,39-40H,7-8,11,14-19H2,(H2,32,35). The summed E-state index contributed by atoms with van der Waals surface area (Å²) < 4.78 is 5.63. The maximum Gasteiger partial charge on any atom is 0.169 e. The van der Waals surface area contributed by atoms with E-state index in [4.69, 9.17) is 10.5 Å². The molecule has 41 heavy (non-hydrogen) atoms. The number of benzene rings is 1. The second kappa shape index (κ2) is 10.8. The van der Waals surface area contributed by atoms with E-state index < -0.39 is 0 Å². The van der Waals surface area contributed by atoms with Crippen LogP contribution in [0.2, 0.25) is 0 Å². The zero-order valence-electron chi connectivity index (χ0n) is 22.9. The van der Waals surface area contributed by atoms with Gasteiger partial charge in [0.25, 0.3) is 0 Å². The number of phenols is 1. The van der Waals surface area contributed by atoms with E-state index in [2.05, 4.69) is 53.9 Å². The summed E-state index contributed by atoms with van der Waals surface area (Å²) in [5, 5.41) is 29.2. The summed E-state index contributed by atoms with van der Waals surface area (Å²) in [5.41, 5.74) is 10.3. The Bertz CT molecular complexity index is 1460. The molecule has 4 aliphatic rings.